The Hall–Kier alpha value is -1.46. The number of anilines is 1. The Labute approximate surface area is 85.8 Å². The molecule has 0 unspecified atom stereocenters. The summed E-state index contributed by atoms with van der Waals surface area (Å²) in [5, 5.41) is 0.731. The van der Waals surface area contributed by atoms with Crippen molar-refractivity contribution in [1.82, 2.24) is 9.97 Å². The van der Waals surface area contributed by atoms with Crippen LogP contribution in [-0.2, 0) is 0 Å². The first-order valence-corrected chi connectivity index (χ1v) is 4.97. The number of nitrogens with two attached hydrogens (primary N) is 1. The van der Waals surface area contributed by atoms with Crippen molar-refractivity contribution in [2.45, 2.75) is 6.92 Å². The van der Waals surface area contributed by atoms with Crippen LogP contribution >= 0.6 is 11.3 Å². The van der Waals surface area contributed by atoms with Gasteiger partial charge >= 0.3 is 0 Å². The van der Waals surface area contributed by atoms with Gasteiger partial charge in [-0.1, -0.05) is 11.3 Å². The first kappa shape index (κ1) is 9.11. The van der Waals surface area contributed by atoms with Crippen LogP contribution in [0.2, 0.25) is 0 Å². The van der Waals surface area contributed by atoms with Gasteiger partial charge in [0.25, 0.3) is 0 Å². The molecule has 0 spiro atoms. The molecule has 2 aromatic heterocycles. The molecule has 2 heterocycles. The summed E-state index contributed by atoms with van der Waals surface area (Å²) in [5.41, 5.74) is 4.65. The van der Waals surface area contributed by atoms with Crippen LogP contribution in [0.1, 0.15) is 5.69 Å². The number of hydrazine groups is 1. The largest absolute Gasteiger partial charge is 0.300 e. The van der Waals surface area contributed by atoms with E-state index in [1.165, 1.54) is 11.3 Å². The molecule has 0 bridgehead atoms. The summed E-state index contributed by atoms with van der Waals surface area (Å²) in [6.07, 6.45) is 3.54. The number of nitrogens with one attached hydrogen (secondary N) is 1. The van der Waals surface area contributed by atoms with Crippen molar-refractivity contribution in [3.8, 4) is 10.4 Å². The van der Waals surface area contributed by atoms with Crippen molar-refractivity contribution in [3.63, 3.8) is 0 Å². The first-order chi connectivity index (χ1) is 6.81. The highest BCUT2D eigenvalue weighted by molar-refractivity contribution is 7.19. The molecule has 2 rings (SSSR count). The van der Waals surface area contributed by atoms with Crippen molar-refractivity contribution < 1.29 is 0 Å². The van der Waals surface area contributed by atoms with Crippen molar-refractivity contribution in [1.29, 1.82) is 0 Å². The zero-order chi connectivity index (χ0) is 9.97. The number of nitrogen functional groups attached to an aromatic ring is 1. The molecule has 0 fully saturated rings. The lowest BCUT2D eigenvalue weighted by Gasteiger charge is -1.95. The predicted molar refractivity (Wildman–Crippen MR) is 57.9 cm³/mol. The Morgan fingerprint density at radius 1 is 1.36 bits per heavy atom. The van der Waals surface area contributed by atoms with Crippen LogP contribution in [0, 0.1) is 6.92 Å². The lowest BCUT2D eigenvalue weighted by molar-refractivity contribution is 1.22. The molecule has 0 aliphatic rings. The van der Waals surface area contributed by atoms with E-state index in [9.17, 15) is 0 Å². The monoisotopic (exact) mass is 206 g/mol. The molecule has 72 valence electrons. The summed E-state index contributed by atoms with van der Waals surface area (Å²) >= 11 is 1.54. The molecule has 0 aromatic carbocycles. The lowest BCUT2D eigenvalue weighted by atomic mass is 10.2. The maximum atomic E-state index is 5.30. The van der Waals surface area contributed by atoms with Gasteiger partial charge in [-0.15, -0.1) is 0 Å². The Kier molecular flexibility index (Phi) is 2.43. The number of hydrogen-bond acceptors (Lipinski definition) is 5. The van der Waals surface area contributed by atoms with Gasteiger partial charge in [-0.25, -0.2) is 10.8 Å². The molecular formula is C9H10N4S. The lowest BCUT2D eigenvalue weighted by Crippen LogP contribution is -2.05. The Morgan fingerprint density at radius 3 is 2.64 bits per heavy atom. The van der Waals surface area contributed by atoms with Gasteiger partial charge in [-0.2, -0.15) is 0 Å². The minimum Gasteiger partial charge on any atom is -0.300 e. The third-order valence-electron chi connectivity index (χ3n) is 1.86. The van der Waals surface area contributed by atoms with Gasteiger partial charge < -0.3 is 0 Å². The summed E-state index contributed by atoms with van der Waals surface area (Å²) in [6, 6.07) is 3.92. The highest BCUT2D eigenvalue weighted by Gasteiger charge is 2.07. The number of hydrogen-bond donors (Lipinski definition) is 2. The minimum atomic E-state index is 0.731. The number of pyridine rings is 1. The topological polar surface area (TPSA) is 63.8 Å². The van der Waals surface area contributed by atoms with Crippen molar-refractivity contribution in [2.24, 2.45) is 5.84 Å². The molecule has 0 aliphatic heterocycles. The number of thiazole rings is 1. The van der Waals surface area contributed by atoms with E-state index in [0.29, 0.717) is 0 Å². The normalized spacial score (nSPS) is 10.1. The zero-order valence-corrected chi connectivity index (χ0v) is 8.51. The highest BCUT2D eigenvalue weighted by Crippen LogP contribution is 2.31. The molecule has 0 atom stereocenters. The fourth-order valence-electron chi connectivity index (χ4n) is 1.23. The molecule has 0 saturated carbocycles. The third kappa shape index (κ3) is 1.59. The summed E-state index contributed by atoms with van der Waals surface area (Å²) in [4.78, 5) is 9.36. The molecule has 3 N–H and O–H groups in total. The number of rotatable bonds is 2. The van der Waals surface area contributed by atoms with Crippen molar-refractivity contribution >= 4 is 16.5 Å². The first-order valence-electron chi connectivity index (χ1n) is 4.15. The van der Waals surface area contributed by atoms with Crippen LogP contribution in [0.5, 0.6) is 0 Å². The maximum absolute atomic E-state index is 5.30. The second-order valence-electron chi connectivity index (χ2n) is 2.81. The molecule has 5 heteroatoms. The molecular weight excluding hydrogens is 196 g/mol. The summed E-state index contributed by atoms with van der Waals surface area (Å²) in [6.45, 7) is 1.97. The summed E-state index contributed by atoms with van der Waals surface area (Å²) < 4.78 is 0. The molecule has 0 saturated heterocycles. The van der Waals surface area contributed by atoms with E-state index >= 15 is 0 Å². The molecule has 0 aliphatic carbocycles. The van der Waals surface area contributed by atoms with Gasteiger partial charge in [0, 0.05) is 12.4 Å². The SMILES string of the molecule is Cc1nc(NN)sc1-c1ccncc1. The van der Waals surface area contributed by atoms with Crippen LogP contribution in [0.3, 0.4) is 0 Å². The zero-order valence-electron chi connectivity index (χ0n) is 7.69. The van der Waals surface area contributed by atoms with Crippen LogP contribution < -0.4 is 11.3 Å². The fraction of sp³-hybridized carbons (Fsp3) is 0.111. The number of aryl methyl sites for hydroxylation is 1. The molecule has 14 heavy (non-hydrogen) atoms. The maximum Gasteiger partial charge on any atom is 0.197 e. The van der Waals surface area contributed by atoms with Gasteiger partial charge in [0.1, 0.15) is 0 Å². The van der Waals surface area contributed by atoms with Gasteiger partial charge in [-0.3, -0.25) is 10.4 Å². The van der Waals surface area contributed by atoms with Gasteiger partial charge in [0.2, 0.25) is 0 Å². The summed E-state index contributed by atoms with van der Waals surface area (Å²) in [7, 11) is 0. The minimum absolute atomic E-state index is 0.731. The molecule has 0 amide bonds. The summed E-state index contributed by atoms with van der Waals surface area (Å²) in [5.74, 6) is 5.30. The fourth-order valence-corrected chi connectivity index (χ4v) is 2.11. The van der Waals surface area contributed by atoms with Crippen LogP contribution in [0.4, 0.5) is 5.13 Å². The van der Waals surface area contributed by atoms with E-state index in [-0.39, 0.29) is 0 Å². The van der Waals surface area contributed by atoms with E-state index in [0.717, 1.165) is 21.3 Å². The van der Waals surface area contributed by atoms with Gasteiger partial charge in [-0.05, 0) is 24.6 Å². The van der Waals surface area contributed by atoms with E-state index < -0.39 is 0 Å². The molecule has 2 aromatic rings. The van der Waals surface area contributed by atoms with Gasteiger partial charge in [0.05, 0.1) is 10.6 Å². The quantitative estimate of drug-likeness (QED) is 0.581. The molecule has 4 nitrogen and oxygen atoms in total. The van der Waals surface area contributed by atoms with E-state index in [2.05, 4.69) is 15.4 Å². The second kappa shape index (κ2) is 3.73. The predicted octanol–water partition coefficient (Wildman–Crippen LogP) is 1.80. The van der Waals surface area contributed by atoms with Crippen molar-refractivity contribution in [2.75, 3.05) is 5.43 Å². The van der Waals surface area contributed by atoms with Crippen molar-refractivity contribution in [3.05, 3.63) is 30.2 Å². The standard InChI is InChI=1S/C9H10N4S/c1-6-8(14-9(12-6)13-10)7-2-4-11-5-3-7/h2-5H,10H2,1H3,(H,12,13). The third-order valence-corrected chi connectivity index (χ3v) is 3.00. The number of aromatic nitrogens is 2. The van der Waals surface area contributed by atoms with E-state index in [4.69, 9.17) is 5.84 Å². The Bertz CT molecular complexity index is 424. The van der Waals surface area contributed by atoms with Crippen LogP contribution in [-0.4, -0.2) is 9.97 Å². The van der Waals surface area contributed by atoms with E-state index in [1.807, 2.05) is 19.1 Å². The second-order valence-corrected chi connectivity index (χ2v) is 3.81. The highest BCUT2D eigenvalue weighted by atomic mass is 32.1. The van der Waals surface area contributed by atoms with Crippen LogP contribution in [0.15, 0.2) is 24.5 Å². The van der Waals surface area contributed by atoms with Gasteiger partial charge in [0.15, 0.2) is 5.13 Å². The average Bonchev–Trinajstić information content (AvgIpc) is 2.61. The van der Waals surface area contributed by atoms with E-state index in [1.54, 1.807) is 12.4 Å². The average molecular weight is 206 g/mol. The Morgan fingerprint density at radius 2 is 2.07 bits per heavy atom. The number of nitrogens with zero attached hydrogens (tertiary/aromatic N) is 2. The molecule has 0 radical (unpaired) electrons. The van der Waals surface area contributed by atoms with Crippen LogP contribution in [0.25, 0.3) is 10.4 Å². The Balaban J connectivity index is 2.46. The smallest absolute Gasteiger partial charge is 0.197 e.